The molecule has 0 bridgehead atoms. The normalized spacial score (nSPS) is 11.5. The number of ketones is 1. The SMILES string of the molecule is CC(C)CN(CC(=O)CCl)C(=O)OC(C)(C)C. The lowest BCUT2D eigenvalue weighted by molar-refractivity contribution is -0.118. The molecule has 0 atom stereocenters. The Kier molecular flexibility index (Phi) is 6.53. The van der Waals surface area contributed by atoms with E-state index in [1.54, 1.807) is 20.8 Å². The summed E-state index contributed by atoms with van der Waals surface area (Å²) in [5.74, 6) is 0.000951. The van der Waals surface area contributed by atoms with Gasteiger partial charge in [0.15, 0.2) is 5.78 Å². The number of hydrogen-bond donors (Lipinski definition) is 0. The number of Topliss-reactive ketones (excluding diaryl/α,β-unsaturated/α-hetero) is 1. The van der Waals surface area contributed by atoms with Gasteiger partial charge in [-0.3, -0.25) is 4.79 Å². The van der Waals surface area contributed by atoms with Crippen LogP contribution in [0, 0.1) is 5.92 Å². The van der Waals surface area contributed by atoms with Crippen LogP contribution < -0.4 is 0 Å². The summed E-state index contributed by atoms with van der Waals surface area (Å²) in [6.45, 7) is 9.82. The molecular formula is C12H22ClNO3. The predicted octanol–water partition coefficient (Wildman–Crippen LogP) is 2.69. The molecule has 0 aromatic rings. The molecule has 17 heavy (non-hydrogen) atoms. The van der Waals surface area contributed by atoms with Crippen molar-refractivity contribution in [2.45, 2.75) is 40.2 Å². The molecule has 1 amide bonds. The molecule has 0 saturated heterocycles. The first-order valence-electron chi connectivity index (χ1n) is 5.71. The van der Waals surface area contributed by atoms with Crippen molar-refractivity contribution in [2.24, 2.45) is 5.92 Å². The summed E-state index contributed by atoms with van der Waals surface area (Å²) in [6, 6.07) is 0. The van der Waals surface area contributed by atoms with E-state index >= 15 is 0 Å². The maximum absolute atomic E-state index is 11.9. The minimum absolute atomic E-state index is 0.0105. The first kappa shape index (κ1) is 16.2. The number of alkyl halides is 1. The Morgan fingerprint density at radius 2 is 1.82 bits per heavy atom. The summed E-state index contributed by atoms with van der Waals surface area (Å²) in [4.78, 5) is 24.5. The van der Waals surface area contributed by atoms with Gasteiger partial charge in [0.2, 0.25) is 0 Å². The first-order chi connectivity index (χ1) is 7.65. The molecule has 0 unspecified atom stereocenters. The summed E-state index contributed by atoms with van der Waals surface area (Å²) < 4.78 is 5.24. The van der Waals surface area contributed by atoms with E-state index in [4.69, 9.17) is 16.3 Å². The number of amides is 1. The van der Waals surface area contributed by atoms with Crippen LogP contribution in [0.5, 0.6) is 0 Å². The van der Waals surface area contributed by atoms with Gasteiger partial charge in [-0.25, -0.2) is 4.79 Å². The fourth-order valence-corrected chi connectivity index (χ4v) is 1.31. The van der Waals surface area contributed by atoms with Crippen LogP contribution in [0.25, 0.3) is 0 Å². The molecule has 5 heteroatoms. The Balaban J connectivity index is 4.56. The number of carbonyl (C=O) groups excluding carboxylic acids is 2. The van der Waals surface area contributed by atoms with Crippen LogP contribution in [-0.2, 0) is 9.53 Å². The highest BCUT2D eigenvalue weighted by Gasteiger charge is 2.24. The minimum Gasteiger partial charge on any atom is -0.444 e. The van der Waals surface area contributed by atoms with Gasteiger partial charge in [0.25, 0.3) is 0 Å². The van der Waals surface area contributed by atoms with Gasteiger partial charge in [0.1, 0.15) is 5.60 Å². The molecule has 0 rings (SSSR count). The average Bonchev–Trinajstić information content (AvgIpc) is 2.13. The van der Waals surface area contributed by atoms with Crippen molar-refractivity contribution < 1.29 is 14.3 Å². The Hall–Kier alpha value is -0.770. The molecule has 0 aliphatic carbocycles. The first-order valence-corrected chi connectivity index (χ1v) is 6.24. The third-order valence-electron chi connectivity index (χ3n) is 1.75. The number of halogens is 1. The molecule has 0 aromatic heterocycles. The molecule has 0 N–H and O–H groups in total. The quantitative estimate of drug-likeness (QED) is 0.717. The average molecular weight is 264 g/mol. The van der Waals surface area contributed by atoms with E-state index in [2.05, 4.69) is 0 Å². The Labute approximate surface area is 108 Å². The third-order valence-corrected chi connectivity index (χ3v) is 2.05. The van der Waals surface area contributed by atoms with Crippen molar-refractivity contribution in [1.29, 1.82) is 0 Å². The monoisotopic (exact) mass is 263 g/mol. The van der Waals surface area contributed by atoms with Crippen molar-refractivity contribution in [1.82, 2.24) is 4.90 Å². The summed E-state index contributed by atoms with van der Waals surface area (Å²) in [6.07, 6.45) is -0.468. The van der Waals surface area contributed by atoms with Crippen LogP contribution in [0.2, 0.25) is 0 Å². The lowest BCUT2D eigenvalue weighted by atomic mass is 10.2. The van der Waals surface area contributed by atoms with Gasteiger partial charge in [0.05, 0.1) is 12.4 Å². The smallest absolute Gasteiger partial charge is 0.410 e. The van der Waals surface area contributed by atoms with Gasteiger partial charge >= 0.3 is 6.09 Å². The minimum atomic E-state index is -0.559. The summed E-state index contributed by atoms with van der Waals surface area (Å²) in [7, 11) is 0. The summed E-state index contributed by atoms with van der Waals surface area (Å²) in [5.41, 5.74) is -0.559. The Bertz CT molecular complexity index is 271. The largest absolute Gasteiger partial charge is 0.444 e. The van der Waals surface area contributed by atoms with Gasteiger partial charge in [-0.2, -0.15) is 0 Å². The van der Waals surface area contributed by atoms with Crippen molar-refractivity contribution in [3.8, 4) is 0 Å². The zero-order valence-electron chi connectivity index (χ0n) is 11.2. The predicted molar refractivity (Wildman–Crippen MR) is 68.4 cm³/mol. The van der Waals surface area contributed by atoms with Crippen molar-refractivity contribution >= 4 is 23.5 Å². The molecule has 4 nitrogen and oxygen atoms in total. The second-order valence-corrected chi connectivity index (χ2v) is 5.69. The van der Waals surface area contributed by atoms with Crippen LogP contribution in [0.4, 0.5) is 4.79 Å². The van der Waals surface area contributed by atoms with Crippen LogP contribution in [0.1, 0.15) is 34.6 Å². The molecule has 0 radical (unpaired) electrons. The van der Waals surface area contributed by atoms with Crippen molar-refractivity contribution in [3.63, 3.8) is 0 Å². The molecule has 0 aliphatic rings. The Morgan fingerprint density at radius 1 is 1.29 bits per heavy atom. The zero-order chi connectivity index (χ0) is 13.6. The third kappa shape index (κ3) is 8.02. The molecular weight excluding hydrogens is 242 g/mol. The zero-order valence-corrected chi connectivity index (χ0v) is 12.0. The highest BCUT2D eigenvalue weighted by molar-refractivity contribution is 6.28. The second-order valence-electron chi connectivity index (χ2n) is 5.43. The van der Waals surface area contributed by atoms with Gasteiger partial charge in [-0.15, -0.1) is 11.6 Å². The summed E-state index contributed by atoms with van der Waals surface area (Å²) in [5, 5.41) is 0. The molecule has 0 fully saturated rings. The molecule has 0 aromatic carbocycles. The summed E-state index contributed by atoms with van der Waals surface area (Å²) >= 11 is 5.44. The number of hydrogen-bond acceptors (Lipinski definition) is 3. The standard InChI is InChI=1S/C12H22ClNO3/c1-9(2)7-14(8-10(15)6-13)11(16)17-12(3,4)5/h9H,6-8H2,1-5H3. The van der Waals surface area contributed by atoms with E-state index in [1.165, 1.54) is 4.90 Å². The van der Waals surface area contributed by atoms with Gasteiger partial charge in [0, 0.05) is 6.54 Å². The molecule has 0 spiro atoms. The van der Waals surface area contributed by atoms with E-state index in [1.807, 2.05) is 13.8 Å². The topological polar surface area (TPSA) is 46.6 Å². The number of ether oxygens (including phenoxy) is 1. The van der Waals surface area contributed by atoms with Gasteiger partial charge in [-0.05, 0) is 26.7 Å². The van der Waals surface area contributed by atoms with Crippen LogP contribution in [0.3, 0.4) is 0 Å². The van der Waals surface area contributed by atoms with E-state index in [9.17, 15) is 9.59 Å². The number of carbonyl (C=O) groups is 2. The highest BCUT2D eigenvalue weighted by atomic mass is 35.5. The molecule has 0 aliphatic heterocycles. The van der Waals surface area contributed by atoms with E-state index in [0.717, 1.165) is 0 Å². The maximum atomic E-state index is 11.9. The number of nitrogens with zero attached hydrogens (tertiary/aromatic N) is 1. The highest BCUT2D eigenvalue weighted by Crippen LogP contribution is 2.11. The van der Waals surface area contributed by atoms with E-state index in [-0.39, 0.29) is 24.1 Å². The van der Waals surface area contributed by atoms with E-state index < -0.39 is 11.7 Å². The lowest BCUT2D eigenvalue weighted by Gasteiger charge is -2.27. The van der Waals surface area contributed by atoms with Crippen LogP contribution >= 0.6 is 11.6 Å². The fourth-order valence-electron chi connectivity index (χ4n) is 1.23. The second kappa shape index (κ2) is 6.84. The van der Waals surface area contributed by atoms with Crippen LogP contribution in [0.15, 0.2) is 0 Å². The fraction of sp³-hybridized carbons (Fsp3) is 0.833. The van der Waals surface area contributed by atoms with Crippen LogP contribution in [-0.4, -0.2) is 41.3 Å². The van der Waals surface area contributed by atoms with Gasteiger partial charge in [-0.1, -0.05) is 13.8 Å². The van der Waals surface area contributed by atoms with Gasteiger partial charge < -0.3 is 9.64 Å². The molecule has 100 valence electrons. The van der Waals surface area contributed by atoms with Crippen molar-refractivity contribution in [3.05, 3.63) is 0 Å². The molecule has 0 saturated carbocycles. The number of rotatable bonds is 5. The Morgan fingerprint density at radius 3 is 2.18 bits per heavy atom. The maximum Gasteiger partial charge on any atom is 0.410 e. The van der Waals surface area contributed by atoms with Crippen molar-refractivity contribution in [2.75, 3.05) is 19.0 Å². The molecule has 0 heterocycles. The van der Waals surface area contributed by atoms with E-state index in [0.29, 0.717) is 6.54 Å². The lowest BCUT2D eigenvalue weighted by Crippen LogP contribution is -2.42.